The molecule has 2 saturated carbocycles. The second kappa shape index (κ2) is 7.57. The SMILES string of the molecule is NC(=O)c1ccc(N2CC3(CC(C(=O)O)C3)C2)nn1.OC1CCCCC1. The zero-order valence-electron chi connectivity index (χ0n) is 14.8. The monoisotopic (exact) mass is 362 g/mol. The molecular weight excluding hydrogens is 336 g/mol. The van der Waals surface area contributed by atoms with Gasteiger partial charge in [0.15, 0.2) is 11.5 Å². The van der Waals surface area contributed by atoms with Crippen LogP contribution < -0.4 is 10.6 Å². The first-order valence-corrected chi connectivity index (χ1v) is 9.18. The van der Waals surface area contributed by atoms with Gasteiger partial charge in [0.1, 0.15) is 0 Å². The lowest BCUT2D eigenvalue weighted by Gasteiger charge is -2.58. The fourth-order valence-corrected chi connectivity index (χ4v) is 4.05. The number of rotatable bonds is 3. The summed E-state index contributed by atoms with van der Waals surface area (Å²) < 4.78 is 0. The number of carbonyl (C=O) groups excluding carboxylic acids is 1. The van der Waals surface area contributed by atoms with Gasteiger partial charge in [-0.3, -0.25) is 9.59 Å². The Bertz CT molecular complexity index is 644. The molecule has 4 N–H and O–H groups in total. The molecule has 1 spiro atoms. The number of hydrogen-bond acceptors (Lipinski definition) is 6. The van der Waals surface area contributed by atoms with E-state index in [1.807, 2.05) is 4.90 Å². The largest absolute Gasteiger partial charge is 0.481 e. The molecule has 3 fully saturated rings. The lowest BCUT2D eigenvalue weighted by atomic mass is 9.58. The number of primary amides is 1. The van der Waals surface area contributed by atoms with E-state index in [-0.39, 0.29) is 23.1 Å². The summed E-state index contributed by atoms with van der Waals surface area (Å²) in [6, 6.07) is 3.27. The van der Waals surface area contributed by atoms with Gasteiger partial charge in [-0.25, -0.2) is 0 Å². The Kier molecular flexibility index (Phi) is 5.41. The van der Waals surface area contributed by atoms with Crippen molar-refractivity contribution in [1.82, 2.24) is 10.2 Å². The van der Waals surface area contributed by atoms with E-state index < -0.39 is 11.9 Å². The second-order valence-electron chi connectivity index (χ2n) is 7.73. The molecule has 1 aromatic rings. The van der Waals surface area contributed by atoms with E-state index in [2.05, 4.69) is 10.2 Å². The molecule has 4 rings (SSSR count). The molecule has 8 nitrogen and oxygen atoms in total. The fourth-order valence-electron chi connectivity index (χ4n) is 4.05. The van der Waals surface area contributed by atoms with Crippen LogP contribution in [0.4, 0.5) is 5.82 Å². The van der Waals surface area contributed by atoms with Crippen LogP contribution in [0.1, 0.15) is 55.4 Å². The van der Waals surface area contributed by atoms with Crippen LogP contribution in [0.25, 0.3) is 0 Å². The average molecular weight is 362 g/mol. The quantitative estimate of drug-likeness (QED) is 0.736. The topological polar surface area (TPSA) is 130 Å². The van der Waals surface area contributed by atoms with Crippen molar-refractivity contribution in [3.05, 3.63) is 17.8 Å². The van der Waals surface area contributed by atoms with Gasteiger partial charge in [-0.15, -0.1) is 10.2 Å². The van der Waals surface area contributed by atoms with Crippen LogP contribution in [-0.4, -0.2) is 51.5 Å². The summed E-state index contributed by atoms with van der Waals surface area (Å²) in [7, 11) is 0. The molecule has 0 atom stereocenters. The molecular formula is C18H26N4O4. The van der Waals surface area contributed by atoms with E-state index in [9.17, 15) is 9.59 Å². The van der Waals surface area contributed by atoms with Gasteiger partial charge < -0.3 is 20.8 Å². The summed E-state index contributed by atoms with van der Waals surface area (Å²) in [5.41, 5.74) is 5.39. The Morgan fingerprint density at radius 2 is 1.77 bits per heavy atom. The third kappa shape index (κ3) is 4.12. The summed E-state index contributed by atoms with van der Waals surface area (Å²) in [4.78, 5) is 23.7. The smallest absolute Gasteiger partial charge is 0.306 e. The zero-order valence-corrected chi connectivity index (χ0v) is 14.8. The van der Waals surface area contributed by atoms with Crippen LogP contribution in [0.5, 0.6) is 0 Å². The molecule has 0 bridgehead atoms. The lowest BCUT2D eigenvalue weighted by Crippen LogP contribution is -2.63. The molecule has 2 heterocycles. The minimum Gasteiger partial charge on any atom is -0.481 e. The van der Waals surface area contributed by atoms with Crippen molar-refractivity contribution in [2.75, 3.05) is 18.0 Å². The number of anilines is 1. The Hall–Kier alpha value is -2.22. The number of amides is 1. The lowest BCUT2D eigenvalue weighted by molar-refractivity contribution is -0.151. The van der Waals surface area contributed by atoms with Crippen LogP contribution in [-0.2, 0) is 4.79 Å². The number of aromatic nitrogens is 2. The molecule has 0 radical (unpaired) electrons. The molecule has 2 aliphatic carbocycles. The van der Waals surface area contributed by atoms with Crippen molar-refractivity contribution in [2.24, 2.45) is 17.1 Å². The Balaban J connectivity index is 0.000000236. The number of aliphatic hydroxyl groups excluding tert-OH is 1. The number of aliphatic carboxylic acids is 1. The maximum Gasteiger partial charge on any atom is 0.306 e. The first kappa shape index (κ1) is 18.6. The fraction of sp³-hybridized carbons (Fsp3) is 0.667. The van der Waals surface area contributed by atoms with Gasteiger partial charge in [0.25, 0.3) is 5.91 Å². The third-order valence-corrected chi connectivity index (χ3v) is 5.56. The minimum absolute atomic E-state index is 0.0359. The van der Waals surface area contributed by atoms with Gasteiger partial charge >= 0.3 is 5.97 Å². The highest BCUT2D eigenvalue weighted by Crippen LogP contribution is 2.52. The van der Waals surface area contributed by atoms with Crippen molar-refractivity contribution >= 4 is 17.7 Å². The summed E-state index contributed by atoms with van der Waals surface area (Å²) in [5.74, 6) is -0.781. The van der Waals surface area contributed by atoms with Crippen LogP contribution in [0, 0.1) is 11.3 Å². The van der Waals surface area contributed by atoms with Crippen LogP contribution >= 0.6 is 0 Å². The van der Waals surface area contributed by atoms with Gasteiger partial charge in [-0.1, -0.05) is 19.3 Å². The molecule has 3 aliphatic rings. The highest BCUT2D eigenvalue weighted by Gasteiger charge is 2.54. The van der Waals surface area contributed by atoms with Crippen molar-refractivity contribution in [2.45, 2.75) is 51.0 Å². The maximum atomic E-state index is 10.9. The molecule has 1 aromatic heterocycles. The number of nitrogens with two attached hydrogens (primary N) is 1. The van der Waals surface area contributed by atoms with Gasteiger partial charge in [-0.05, 0) is 37.8 Å². The van der Waals surface area contributed by atoms with Crippen LogP contribution in [0.3, 0.4) is 0 Å². The standard InChI is InChI=1S/C12H14N4O3.C6H12O/c13-10(17)8-1-2-9(15-14-8)16-5-12(6-16)3-7(4-12)11(18)19;7-6-4-2-1-3-5-6/h1-2,7H,3-6H2,(H2,13,17)(H,18,19);6-7H,1-5H2. The molecule has 1 aliphatic heterocycles. The molecule has 0 aromatic carbocycles. The minimum atomic E-state index is -0.699. The molecule has 142 valence electrons. The predicted molar refractivity (Wildman–Crippen MR) is 94.6 cm³/mol. The highest BCUT2D eigenvalue weighted by molar-refractivity contribution is 5.90. The van der Waals surface area contributed by atoms with E-state index >= 15 is 0 Å². The van der Waals surface area contributed by atoms with E-state index in [1.165, 1.54) is 19.3 Å². The van der Waals surface area contributed by atoms with Crippen LogP contribution in [0.2, 0.25) is 0 Å². The van der Waals surface area contributed by atoms with Crippen molar-refractivity contribution in [3.8, 4) is 0 Å². The third-order valence-electron chi connectivity index (χ3n) is 5.56. The summed E-state index contributed by atoms with van der Waals surface area (Å²) in [6.45, 7) is 1.61. The number of carbonyl (C=O) groups is 2. The van der Waals surface area contributed by atoms with Crippen LogP contribution in [0.15, 0.2) is 12.1 Å². The Labute approximate surface area is 152 Å². The van der Waals surface area contributed by atoms with E-state index in [0.717, 1.165) is 38.8 Å². The Morgan fingerprint density at radius 3 is 2.19 bits per heavy atom. The molecule has 0 unspecified atom stereocenters. The van der Waals surface area contributed by atoms with Gasteiger partial charge in [-0.2, -0.15) is 0 Å². The van der Waals surface area contributed by atoms with Crippen molar-refractivity contribution in [1.29, 1.82) is 0 Å². The maximum absolute atomic E-state index is 10.9. The number of aliphatic hydroxyl groups is 1. The van der Waals surface area contributed by atoms with Gasteiger partial charge in [0, 0.05) is 18.5 Å². The van der Waals surface area contributed by atoms with Crippen molar-refractivity contribution in [3.63, 3.8) is 0 Å². The summed E-state index contributed by atoms with van der Waals surface area (Å²) in [6.07, 6.45) is 7.41. The summed E-state index contributed by atoms with van der Waals surface area (Å²) >= 11 is 0. The highest BCUT2D eigenvalue weighted by atomic mass is 16.4. The predicted octanol–water partition coefficient (Wildman–Crippen LogP) is 1.19. The summed E-state index contributed by atoms with van der Waals surface area (Å²) in [5, 5.41) is 25.5. The molecule has 1 saturated heterocycles. The normalized spacial score (nSPS) is 22.0. The van der Waals surface area contributed by atoms with E-state index in [1.54, 1.807) is 12.1 Å². The second-order valence-corrected chi connectivity index (χ2v) is 7.73. The first-order valence-electron chi connectivity index (χ1n) is 9.18. The van der Waals surface area contributed by atoms with Gasteiger partial charge in [0.2, 0.25) is 0 Å². The van der Waals surface area contributed by atoms with E-state index in [4.69, 9.17) is 15.9 Å². The average Bonchev–Trinajstić information content (AvgIpc) is 2.54. The van der Waals surface area contributed by atoms with Crippen molar-refractivity contribution < 1.29 is 19.8 Å². The van der Waals surface area contributed by atoms with Gasteiger partial charge in [0.05, 0.1) is 12.0 Å². The number of carboxylic acids is 1. The number of hydrogen-bond donors (Lipinski definition) is 3. The molecule has 8 heteroatoms. The zero-order chi connectivity index (χ0) is 18.7. The van der Waals surface area contributed by atoms with E-state index in [0.29, 0.717) is 5.82 Å². The number of nitrogens with zero attached hydrogens (tertiary/aromatic N) is 3. The molecule has 26 heavy (non-hydrogen) atoms. The first-order chi connectivity index (χ1) is 12.4. The number of carboxylic acid groups (broad SMARTS) is 1. The molecule has 1 amide bonds. The Morgan fingerprint density at radius 1 is 1.12 bits per heavy atom.